The van der Waals surface area contributed by atoms with Gasteiger partial charge in [-0.3, -0.25) is 4.84 Å². The second-order valence-electron chi connectivity index (χ2n) is 5.39. The van der Waals surface area contributed by atoms with Crippen LogP contribution in [0.25, 0.3) is 0 Å². The molecule has 3 rings (SSSR count). The molecule has 3 nitrogen and oxygen atoms in total. The van der Waals surface area contributed by atoms with E-state index in [4.69, 9.17) is 4.84 Å². The Kier molecular flexibility index (Phi) is 2.95. The molecule has 3 unspecified atom stereocenters. The number of hydrogen-bond donors (Lipinski definition) is 1. The molecule has 1 saturated carbocycles. The van der Waals surface area contributed by atoms with Gasteiger partial charge in [-0.2, -0.15) is 5.48 Å². The predicted molar refractivity (Wildman–Crippen MR) is 59.4 cm³/mol. The number of fused-ring (bicyclic) bond motifs is 2. The summed E-state index contributed by atoms with van der Waals surface area (Å²) in [6, 6.07) is 0.629. The fourth-order valence-corrected chi connectivity index (χ4v) is 3.30. The van der Waals surface area contributed by atoms with E-state index >= 15 is 0 Å². The monoisotopic (exact) mass is 210 g/mol. The Morgan fingerprint density at radius 2 is 1.80 bits per heavy atom. The third-order valence-corrected chi connectivity index (χ3v) is 4.32. The average Bonchev–Trinajstić information content (AvgIpc) is 2.88. The number of nitrogens with one attached hydrogen (secondary N) is 1. The van der Waals surface area contributed by atoms with E-state index < -0.39 is 0 Å². The van der Waals surface area contributed by atoms with E-state index in [1.807, 2.05) is 0 Å². The van der Waals surface area contributed by atoms with Crippen molar-refractivity contribution in [3.63, 3.8) is 0 Å². The zero-order chi connectivity index (χ0) is 10.1. The van der Waals surface area contributed by atoms with Crippen molar-refractivity contribution in [2.45, 2.75) is 50.7 Å². The van der Waals surface area contributed by atoms with Crippen LogP contribution in [0.1, 0.15) is 38.5 Å². The van der Waals surface area contributed by atoms with Crippen LogP contribution in [0, 0.1) is 5.92 Å². The van der Waals surface area contributed by atoms with Crippen LogP contribution in [0.4, 0.5) is 0 Å². The van der Waals surface area contributed by atoms with E-state index in [0.29, 0.717) is 12.1 Å². The first kappa shape index (κ1) is 10.1. The first-order chi connectivity index (χ1) is 7.42. The summed E-state index contributed by atoms with van der Waals surface area (Å²) < 4.78 is 0. The highest BCUT2D eigenvalue weighted by atomic mass is 16.7. The molecular formula is C12H22N2O. The molecule has 2 saturated heterocycles. The van der Waals surface area contributed by atoms with E-state index in [0.717, 1.165) is 5.92 Å². The largest absolute Gasteiger partial charge is 0.303 e. The number of hydroxylamine groups is 1. The van der Waals surface area contributed by atoms with Gasteiger partial charge >= 0.3 is 0 Å². The molecule has 0 aromatic carbocycles. The van der Waals surface area contributed by atoms with Gasteiger partial charge in [0.2, 0.25) is 0 Å². The maximum Gasteiger partial charge on any atom is 0.0790 e. The van der Waals surface area contributed by atoms with Gasteiger partial charge in [-0.15, -0.1) is 0 Å². The Morgan fingerprint density at radius 1 is 1.00 bits per heavy atom. The minimum absolute atomic E-state index is 0.504. The lowest BCUT2D eigenvalue weighted by Crippen LogP contribution is -2.44. The molecule has 2 heterocycles. The highest BCUT2D eigenvalue weighted by Crippen LogP contribution is 2.28. The van der Waals surface area contributed by atoms with E-state index in [2.05, 4.69) is 10.4 Å². The van der Waals surface area contributed by atoms with Crippen molar-refractivity contribution in [3.05, 3.63) is 0 Å². The summed E-state index contributed by atoms with van der Waals surface area (Å²) >= 11 is 0. The Morgan fingerprint density at radius 3 is 2.67 bits per heavy atom. The lowest BCUT2D eigenvalue weighted by molar-refractivity contribution is -0.0562. The lowest BCUT2D eigenvalue weighted by atomic mass is 9.95. The summed E-state index contributed by atoms with van der Waals surface area (Å²) in [5.74, 6) is 0.847. The van der Waals surface area contributed by atoms with Gasteiger partial charge in [0.1, 0.15) is 0 Å². The van der Waals surface area contributed by atoms with Crippen molar-refractivity contribution < 1.29 is 4.84 Å². The van der Waals surface area contributed by atoms with Crippen molar-refractivity contribution in [3.8, 4) is 0 Å². The topological polar surface area (TPSA) is 24.5 Å². The average molecular weight is 210 g/mol. The fraction of sp³-hybridized carbons (Fsp3) is 1.00. The Balaban J connectivity index is 1.46. The third kappa shape index (κ3) is 2.19. The Hall–Kier alpha value is -0.120. The van der Waals surface area contributed by atoms with E-state index in [1.165, 1.54) is 58.2 Å². The maximum atomic E-state index is 5.82. The number of nitrogens with zero attached hydrogens (tertiary/aromatic N) is 1. The zero-order valence-electron chi connectivity index (χ0n) is 9.45. The van der Waals surface area contributed by atoms with Crippen molar-refractivity contribution >= 4 is 0 Å². The first-order valence-corrected chi connectivity index (χ1v) is 6.55. The van der Waals surface area contributed by atoms with Gasteiger partial charge in [0.15, 0.2) is 0 Å². The highest BCUT2D eigenvalue weighted by Gasteiger charge is 2.34. The van der Waals surface area contributed by atoms with Crippen LogP contribution >= 0.6 is 0 Å². The maximum absolute atomic E-state index is 5.82. The number of rotatable bonds is 3. The first-order valence-electron chi connectivity index (χ1n) is 6.55. The summed E-state index contributed by atoms with van der Waals surface area (Å²) in [7, 11) is 0. The van der Waals surface area contributed by atoms with Gasteiger partial charge < -0.3 is 4.90 Å². The fourth-order valence-electron chi connectivity index (χ4n) is 3.30. The van der Waals surface area contributed by atoms with Crippen molar-refractivity contribution in [1.82, 2.24) is 10.4 Å². The smallest absolute Gasteiger partial charge is 0.0790 e. The second kappa shape index (κ2) is 4.40. The third-order valence-electron chi connectivity index (χ3n) is 4.32. The van der Waals surface area contributed by atoms with Gasteiger partial charge in [-0.25, -0.2) is 0 Å². The van der Waals surface area contributed by atoms with Crippen molar-refractivity contribution in [2.75, 3.05) is 19.6 Å². The molecule has 2 bridgehead atoms. The highest BCUT2D eigenvalue weighted by molar-refractivity contribution is 4.89. The normalized spacial score (nSPS) is 41.2. The molecular weight excluding hydrogens is 188 g/mol. The van der Waals surface area contributed by atoms with E-state index in [-0.39, 0.29) is 0 Å². The molecule has 86 valence electrons. The molecule has 3 aliphatic rings. The standard InChI is InChI=1S/C12H22N2O/c1-2-4-11(3-1)15-13-12-6-8-14-7-5-10(12)9-14/h10-13H,1-9H2. The molecule has 3 atom stereocenters. The molecule has 2 aliphatic heterocycles. The summed E-state index contributed by atoms with van der Waals surface area (Å²) in [6.07, 6.45) is 8.38. The van der Waals surface area contributed by atoms with Crippen LogP contribution in [0.3, 0.4) is 0 Å². The SMILES string of the molecule is C1CCC(ONC2CCN3CCC2C3)C1. The molecule has 1 N–H and O–H groups in total. The zero-order valence-corrected chi connectivity index (χ0v) is 9.45. The number of piperidine rings is 1. The van der Waals surface area contributed by atoms with E-state index in [1.54, 1.807) is 0 Å². The molecule has 1 aliphatic carbocycles. The summed E-state index contributed by atoms with van der Waals surface area (Å²) in [6.45, 7) is 3.88. The van der Waals surface area contributed by atoms with Gasteiger partial charge in [0.25, 0.3) is 0 Å². The van der Waals surface area contributed by atoms with Gasteiger partial charge in [-0.05, 0) is 44.7 Å². The van der Waals surface area contributed by atoms with Crippen molar-refractivity contribution in [1.29, 1.82) is 0 Å². The van der Waals surface area contributed by atoms with Crippen LogP contribution in [-0.2, 0) is 4.84 Å². The Bertz CT molecular complexity index is 216. The minimum atomic E-state index is 0.504. The van der Waals surface area contributed by atoms with Crippen LogP contribution in [0.15, 0.2) is 0 Å². The molecule has 0 radical (unpaired) electrons. The summed E-state index contributed by atoms with van der Waals surface area (Å²) in [5, 5.41) is 0. The number of hydrogen-bond acceptors (Lipinski definition) is 3. The van der Waals surface area contributed by atoms with Crippen LogP contribution in [0.2, 0.25) is 0 Å². The summed E-state index contributed by atoms with van der Waals surface area (Å²) in [5.41, 5.74) is 3.36. The van der Waals surface area contributed by atoms with Gasteiger partial charge in [0.05, 0.1) is 6.10 Å². The van der Waals surface area contributed by atoms with E-state index in [9.17, 15) is 0 Å². The molecule has 0 spiro atoms. The Labute approximate surface area is 92.1 Å². The van der Waals surface area contributed by atoms with Crippen LogP contribution in [0.5, 0.6) is 0 Å². The quantitative estimate of drug-likeness (QED) is 0.715. The predicted octanol–water partition coefficient (Wildman–Crippen LogP) is 1.54. The molecule has 0 amide bonds. The molecule has 3 heteroatoms. The molecule has 3 fully saturated rings. The van der Waals surface area contributed by atoms with Crippen LogP contribution < -0.4 is 5.48 Å². The van der Waals surface area contributed by atoms with Gasteiger partial charge in [0, 0.05) is 12.6 Å². The lowest BCUT2D eigenvalue weighted by Gasteiger charge is -2.31. The minimum Gasteiger partial charge on any atom is -0.303 e. The molecule has 15 heavy (non-hydrogen) atoms. The molecule has 0 aromatic heterocycles. The second-order valence-corrected chi connectivity index (χ2v) is 5.39. The summed E-state index contributed by atoms with van der Waals surface area (Å²) in [4.78, 5) is 8.41. The van der Waals surface area contributed by atoms with Crippen molar-refractivity contribution in [2.24, 2.45) is 5.92 Å². The van der Waals surface area contributed by atoms with Gasteiger partial charge in [-0.1, -0.05) is 12.8 Å². The van der Waals surface area contributed by atoms with Crippen LogP contribution in [-0.4, -0.2) is 36.7 Å². The molecule has 0 aromatic rings.